The van der Waals surface area contributed by atoms with Crippen LogP contribution in [0.2, 0.25) is 0 Å². The van der Waals surface area contributed by atoms with Crippen LogP contribution in [0.5, 0.6) is 0 Å². The number of hydrogen-bond donors (Lipinski definition) is 4. The molecule has 0 saturated heterocycles. The van der Waals surface area contributed by atoms with Gasteiger partial charge in [-0.2, -0.15) is 0 Å². The lowest BCUT2D eigenvalue weighted by Gasteiger charge is -2.06. The van der Waals surface area contributed by atoms with Crippen LogP contribution in [0, 0.1) is 0 Å². The van der Waals surface area contributed by atoms with Gasteiger partial charge < -0.3 is 20.7 Å². The Labute approximate surface area is 100 Å². The van der Waals surface area contributed by atoms with Crippen LogP contribution in [0.25, 0.3) is 0 Å². The van der Waals surface area contributed by atoms with Crippen molar-refractivity contribution in [1.82, 2.24) is 16.0 Å². The smallest absolute Gasteiger partial charge is 0.406 e. The highest BCUT2D eigenvalue weighted by Gasteiger charge is 1.98. The number of nitrogens with two attached hydrogens (primary N) is 1. The van der Waals surface area contributed by atoms with Gasteiger partial charge in [-0.25, -0.2) is 10.7 Å². The molecule has 0 heterocycles. The minimum Gasteiger partial charge on any atom is -0.453 e. The van der Waals surface area contributed by atoms with Gasteiger partial charge in [0.15, 0.2) is 0 Å². The van der Waals surface area contributed by atoms with Crippen molar-refractivity contribution < 1.29 is 19.2 Å². The van der Waals surface area contributed by atoms with Gasteiger partial charge in [0.05, 0.1) is 7.11 Å². The maximum atomic E-state index is 10.9. The highest BCUT2D eigenvalue weighted by molar-refractivity contribution is 5.77. The van der Waals surface area contributed by atoms with E-state index < -0.39 is 6.09 Å². The summed E-state index contributed by atoms with van der Waals surface area (Å²) in [5, 5.41) is 8.26. The van der Waals surface area contributed by atoms with E-state index in [-0.39, 0.29) is 12.5 Å². The predicted octanol–water partition coefficient (Wildman–Crippen LogP) is -1.67. The second kappa shape index (κ2) is 11.1. The normalized spacial score (nSPS) is 9.76. The van der Waals surface area contributed by atoms with Gasteiger partial charge in [-0.15, -0.1) is 0 Å². The molecule has 0 aromatic heterocycles. The van der Waals surface area contributed by atoms with Crippen molar-refractivity contribution in [2.24, 2.45) is 5.90 Å². The molecule has 17 heavy (non-hydrogen) atoms. The van der Waals surface area contributed by atoms with E-state index in [0.29, 0.717) is 19.6 Å². The van der Waals surface area contributed by atoms with E-state index >= 15 is 0 Å². The first-order chi connectivity index (χ1) is 8.20. The van der Waals surface area contributed by atoms with Crippen molar-refractivity contribution in [2.75, 3.05) is 39.9 Å². The van der Waals surface area contributed by atoms with Gasteiger partial charge in [0.1, 0.15) is 6.61 Å². The summed E-state index contributed by atoms with van der Waals surface area (Å²) in [4.78, 5) is 25.7. The van der Waals surface area contributed by atoms with E-state index in [0.717, 1.165) is 13.0 Å². The zero-order chi connectivity index (χ0) is 12.9. The van der Waals surface area contributed by atoms with E-state index in [1.807, 2.05) is 0 Å². The van der Waals surface area contributed by atoms with Crippen molar-refractivity contribution in [3.05, 3.63) is 0 Å². The summed E-state index contributed by atoms with van der Waals surface area (Å²) in [6.07, 6.45) is 0.343. The zero-order valence-corrected chi connectivity index (χ0v) is 9.95. The standard InChI is InChI=1S/C9H20N4O4/c1-16-9(15)13-6-5-11-3-2-4-12-8(14)7-17-10/h11H,2-7,10H2,1H3,(H,12,14)(H,13,15). The van der Waals surface area contributed by atoms with Crippen LogP contribution >= 0.6 is 0 Å². The molecule has 100 valence electrons. The fourth-order valence-electron chi connectivity index (χ4n) is 1.02. The van der Waals surface area contributed by atoms with Crippen molar-refractivity contribution in [1.29, 1.82) is 0 Å². The van der Waals surface area contributed by atoms with Gasteiger partial charge in [-0.05, 0) is 13.0 Å². The molecule has 0 rings (SSSR count). The minimum absolute atomic E-state index is 0.128. The topological polar surface area (TPSA) is 115 Å². The molecule has 2 amide bonds. The summed E-state index contributed by atoms with van der Waals surface area (Å²) < 4.78 is 4.40. The molecule has 0 saturated carbocycles. The maximum Gasteiger partial charge on any atom is 0.406 e. The number of carbonyl (C=O) groups is 2. The fourth-order valence-corrected chi connectivity index (χ4v) is 1.02. The third-order valence-electron chi connectivity index (χ3n) is 1.82. The van der Waals surface area contributed by atoms with E-state index in [1.165, 1.54) is 7.11 Å². The Bertz CT molecular complexity index is 225. The van der Waals surface area contributed by atoms with E-state index in [1.54, 1.807) is 0 Å². The van der Waals surface area contributed by atoms with Gasteiger partial charge in [0.2, 0.25) is 5.91 Å². The highest BCUT2D eigenvalue weighted by Crippen LogP contribution is 1.75. The van der Waals surface area contributed by atoms with Crippen molar-refractivity contribution >= 4 is 12.0 Å². The molecule has 0 aliphatic rings. The average Bonchev–Trinajstić information content (AvgIpc) is 2.32. The number of methoxy groups -OCH3 is 1. The largest absolute Gasteiger partial charge is 0.453 e. The second-order valence-corrected chi connectivity index (χ2v) is 3.18. The number of nitrogens with one attached hydrogen (secondary N) is 3. The Morgan fingerprint density at radius 2 is 1.88 bits per heavy atom. The van der Waals surface area contributed by atoms with Crippen molar-refractivity contribution in [2.45, 2.75) is 6.42 Å². The SMILES string of the molecule is COC(=O)NCCNCCCNC(=O)CON. The molecule has 8 nitrogen and oxygen atoms in total. The van der Waals surface area contributed by atoms with Crippen LogP contribution in [0.3, 0.4) is 0 Å². The molecule has 0 aliphatic carbocycles. The first-order valence-electron chi connectivity index (χ1n) is 5.31. The Hall–Kier alpha value is -1.38. The number of carbonyl (C=O) groups excluding carboxylic acids is 2. The summed E-state index contributed by atoms with van der Waals surface area (Å²) in [6, 6.07) is 0. The molecular weight excluding hydrogens is 228 g/mol. The number of amides is 2. The molecule has 8 heteroatoms. The summed E-state index contributed by atoms with van der Waals surface area (Å²) in [6.45, 7) is 2.32. The molecular formula is C9H20N4O4. The monoisotopic (exact) mass is 248 g/mol. The van der Waals surface area contributed by atoms with Gasteiger partial charge >= 0.3 is 6.09 Å². The molecule has 0 aliphatic heterocycles. The molecule has 5 N–H and O–H groups in total. The summed E-state index contributed by atoms with van der Waals surface area (Å²) in [5.74, 6) is 4.50. The quantitative estimate of drug-likeness (QED) is 0.286. The molecule has 0 atom stereocenters. The van der Waals surface area contributed by atoms with Crippen LogP contribution < -0.4 is 21.8 Å². The van der Waals surface area contributed by atoms with E-state index in [9.17, 15) is 9.59 Å². The van der Waals surface area contributed by atoms with Crippen molar-refractivity contribution in [3.63, 3.8) is 0 Å². The lowest BCUT2D eigenvalue weighted by molar-refractivity contribution is -0.125. The summed E-state index contributed by atoms with van der Waals surface area (Å²) >= 11 is 0. The van der Waals surface area contributed by atoms with Gasteiger partial charge in [0.25, 0.3) is 0 Å². The summed E-state index contributed by atoms with van der Waals surface area (Å²) in [7, 11) is 1.32. The van der Waals surface area contributed by atoms with Crippen LogP contribution in [-0.2, 0) is 14.4 Å². The Kier molecular flexibility index (Phi) is 10.2. The van der Waals surface area contributed by atoms with Crippen LogP contribution in [0.15, 0.2) is 0 Å². The van der Waals surface area contributed by atoms with Gasteiger partial charge in [-0.3, -0.25) is 9.63 Å². The lowest BCUT2D eigenvalue weighted by Crippen LogP contribution is -2.34. The third kappa shape index (κ3) is 10.9. The van der Waals surface area contributed by atoms with Crippen LogP contribution in [-0.4, -0.2) is 51.9 Å². The zero-order valence-electron chi connectivity index (χ0n) is 9.95. The molecule has 0 radical (unpaired) electrons. The highest BCUT2D eigenvalue weighted by atomic mass is 16.6. The van der Waals surface area contributed by atoms with Crippen LogP contribution in [0.4, 0.5) is 4.79 Å². The molecule has 0 aromatic rings. The third-order valence-corrected chi connectivity index (χ3v) is 1.82. The average molecular weight is 248 g/mol. The predicted molar refractivity (Wildman–Crippen MR) is 61.0 cm³/mol. The molecule has 0 bridgehead atoms. The number of rotatable bonds is 9. The van der Waals surface area contributed by atoms with E-state index in [2.05, 4.69) is 25.5 Å². The van der Waals surface area contributed by atoms with Crippen molar-refractivity contribution in [3.8, 4) is 0 Å². The molecule has 0 unspecified atom stereocenters. The summed E-state index contributed by atoms with van der Waals surface area (Å²) in [5.41, 5.74) is 0. The fraction of sp³-hybridized carbons (Fsp3) is 0.778. The first kappa shape index (κ1) is 15.6. The second-order valence-electron chi connectivity index (χ2n) is 3.18. The van der Waals surface area contributed by atoms with Gasteiger partial charge in [-0.1, -0.05) is 0 Å². The number of hydrogen-bond acceptors (Lipinski definition) is 6. The Morgan fingerprint density at radius 1 is 1.12 bits per heavy atom. The minimum atomic E-state index is -0.444. The lowest BCUT2D eigenvalue weighted by atomic mass is 10.4. The Balaban J connectivity index is 3.13. The molecule has 0 fully saturated rings. The van der Waals surface area contributed by atoms with E-state index in [4.69, 9.17) is 5.90 Å². The maximum absolute atomic E-state index is 10.9. The van der Waals surface area contributed by atoms with Gasteiger partial charge in [0, 0.05) is 19.6 Å². The molecule has 0 spiro atoms. The Morgan fingerprint density at radius 3 is 2.53 bits per heavy atom. The van der Waals surface area contributed by atoms with Crippen LogP contribution in [0.1, 0.15) is 6.42 Å². The molecule has 0 aromatic carbocycles. The number of ether oxygens (including phenoxy) is 1. The first-order valence-corrected chi connectivity index (χ1v) is 5.31. The number of alkyl carbamates (subject to hydrolysis) is 1.